The number of hydrogen-bond donors (Lipinski definition) is 0. The number of benzene rings is 3. The standard InChI is InChI=1S/C24H17BrCl3NO2/c1-2-30-23-10-15(8-18(13-29)16-4-3-5-19(26)11-16)9-21(25)24(23)31-14-17-6-7-20(27)12-22(17)28/h3-12H,2,14H2,1H3/b18-8-. The van der Waals surface area contributed by atoms with Gasteiger partial charge in [0.25, 0.3) is 0 Å². The fourth-order valence-corrected chi connectivity index (χ4v) is 4.09. The molecule has 0 amide bonds. The highest BCUT2D eigenvalue weighted by Gasteiger charge is 2.14. The monoisotopic (exact) mass is 535 g/mol. The molecule has 0 aliphatic carbocycles. The van der Waals surface area contributed by atoms with Gasteiger partial charge in [-0.15, -0.1) is 0 Å². The Bertz CT molecular complexity index is 1170. The summed E-state index contributed by atoms with van der Waals surface area (Å²) in [6, 6.07) is 18.3. The van der Waals surface area contributed by atoms with Crippen LogP contribution in [0.1, 0.15) is 23.6 Å². The van der Waals surface area contributed by atoms with Crippen molar-refractivity contribution in [1.29, 1.82) is 5.26 Å². The number of allylic oxidation sites excluding steroid dienone is 1. The second kappa shape index (κ2) is 10.9. The molecule has 0 heterocycles. The van der Waals surface area contributed by atoms with Gasteiger partial charge in [0.05, 0.1) is 22.7 Å². The van der Waals surface area contributed by atoms with Gasteiger partial charge in [-0.1, -0.05) is 53.0 Å². The van der Waals surface area contributed by atoms with Crippen LogP contribution in [0.3, 0.4) is 0 Å². The van der Waals surface area contributed by atoms with E-state index in [0.717, 1.165) is 16.7 Å². The van der Waals surface area contributed by atoms with Crippen LogP contribution in [-0.2, 0) is 6.61 Å². The molecule has 0 aromatic heterocycles. The molecule has 158 valence electrons. The maximum atomic E-state index is 9.63. The van der Waals surface area contributed by atoms with E-state index in [0.29, 0.717) is 43.2 Å². The van der Waals surface area contributed by atoms with Crippen LogP contribution in [0, 0.1) is 11.3 Å². The Morgan fingerprint density at radius 2 is 1.81 bits per heavy atom. The summed E-state index contributed by atoms with van der Waals surface area (Å²) >= 11 is 21.8. The summed E-state index contributed by atoms with van der Waals surface area (Å²) in [6.07, 6.45) is 1.78. The highest BCUT2D eigenvalue weighted by atomic mass is 79.9. The third kappa shape index (κ3) is 6.18. The van der Waals surface area contributed by atoms with Crippen LogP contribution in [0.15, 0.2) is 59.1 Å². The van der Waals surface area contributed by atoms with Gasteiger partial charge in [-0.25, -0.2) is 0 Å². The van der Waals surface area contributed by atoms with Crippen molar-refractivity contribution in [3.8, 4) is 17.6 Å². The van der Waals surface area contributed by atoms with Gasteiger partial charge in [0.1, 0.15) is 6.61 Å². The molecule has 3 aromatic rings. The van der Waals surface area contributed by atoms with Crippen molar-refractivity contribution in [3.63, 3.8) is 0 Å². The SMILES string of the molecule is CCOc1cc(/C=C(/C#N)c2cccc(Cl)c2)cc(Br)c1OCc1ccc(Cl)cc1Cl. The molecule has 0 spiro atoms. The van der Waals surface area contributed by atoms with Crippen LogP contribution in [-0.4, -0.2) is 6.61 Å². The van der Waals surface area contributed by atoms with Crippen molar-refractivity contribution in [3.05, 3.63) is 90.8 Å². The summed E-state index contributed by atoms with van der Waals surface area (Å²) < 4.78 is 12.5. The summed E-state index contributed by atoms with van der Waals surface area (Å²) in [5.74, 6) is 1.10. The van der Waals surface area contributed by atoms with E-state index in [2.05, 4.69) is 22.0 Å². The second-order valence-electron chi connectivity index (χ2n) is 6.47. The van der Waals surface area contributed by atoms with Crippen LogP contribution in [0.5, 0.6) is 11.5 Å². The smallest absolute Gasteiger partial charge is 0.175 e. The van der Waals surface area contributed by atoms with Crippen molar-refractivity contribution < 1.29 is 9.47 Å². The average Bonchev–Trinajstić information content (AvgIpc) is 2.73. The first-order valence-corrected chi connectivity index (χ1v) is 11.2. The third-order valence-electron chi connectivity index (χ3n) is 4.29. The lowest BCUT2D eigenvalue weighted by Gasteiger charge is -2.15. The molecule has 0 unspecified atom stereocenters. The lowest BCUT2D eigenvalue weighted by atomic mass is 10.0. The minimum Gasteiger partial charge on any atom is -0.490 e. The molecule has 0 aliphatic heterocycles. The highest BCUT2D eigenvalue weighted by Crippen LogP contribution is 2.39. The van der Waals surface area contributed by atoms with Gasteiger partial charge in [-0.3, -0.25) is 0 Å². The fourth-order valence-electron chi connectivity index (χ4n) is 2.87. The summed E-state index contributed by atoms with van der Waals surface area (Å²) in [6.45, 7) is 2.59. The zero-order chi connectivity index (χ0) is 22.4. The minimum atomic E-state index is 0.246. The molecule has 0 saturated carbocycles. The first-order chi connectivity index (χ1) is 14.9. The normalized spacial score (nSPS) is 11.2. The molecule has 3 aromatic carbocycles. The van der Waals surface area contributed by atoms with Crippen LogP contribution >= 0.6 is 50.7 Å². The maximum absolute atomic E-state index is 9.63. The van der Waals surface area contributed by atoms with Gasteiger partial charge in [0.15, 0.2) is 11.5 Å². The van der Waals surface area contributed by atoms with E-state index in [1.807, 2.05) is 37.3 Å². The average molecular weight is 538 g/mol. The van der Waals surface area contributed by atoms with Gasteiger partial charge in [-0.2, -0.15) is 5.26 Å². The Kier molecular flexibility index (Phi) is 8.28. The molecule has 0 saturated heterocycles. The van der Waals surface area contributed by atoms with Crippen LogP contribution < -0.4 is 9.47 Å². The van der Waals surface area contributed by atoms with E-state index in [9.17, 15) is 5.26 Å². The first kappa shape index (κ1) is 23.5. The van der Waals surface area contributed by atoms with E-state index in [1.165, 1.54) is 0 Å². The molecule has 7 heteroatoms. The number of nitriles is 1. The Hall–Kier alpha value is -2.16. The molecule has 0 fully saturated rings. The van der Waals surface area contributed by atoms with Gasteiger partial charge >= 0.3 is 0 Å². The van der Waals surface area contributed by atoms with Crippen LogP contribution in [0.25, 0.3) is 11.6 Å². The lowest BCUT2D eigenvalue weighted by molar-refractivity contribution is 0.267. The minimum absolute atomic E-state index is 0.246. The Morgan fingerprint density at radius 3 is 2.48 bits per heavy atom. The molecule has 0 radical (unpaired) electrons. The van der Waals surface area contributed by atoms with E-state index in [1.54, 1.807) is 30.3 Å². The Balaban J connectivity index is 1.93. The van der Waals surface area contributed by atoms with Crippen LogP contribution in [0.4, 0.5) is 0 Å². The first-order valence-electron chi connectivity index (χ1n) is 9.32. The van der Waals surface area contributed by atoms with Crippen molar-refractivity contribution in [2.45, 2.75) is 13.5 Å². The molecule has 31 heavy (non-hydrogen) atoms. The molecular weight excluding hydrogens is 521 g/mol. The van der Waals surface area contributed by atoms with E-state index >= 15 is 0 Å². The topological polar surface area (TPSA) is 42.2 Å². The molecular formula is C24H17BrCl3NO2. The summed E-state index contributed by atoms with van der Waals surface area (Å²) in [4.78, 5) is 0. The third-order valence-corrected chi connectivity index (χ3v) is 5.70. The highest BCUT2D eigenvalue weighted by molar-refractivity contribution is 9.10. The summed E-state index contributed by atoms with van der Waals surface area (Å²) in [7, 11) is 0. The fraction of sp³-hybridized carbons (Fsp3) is 0.125. The van der Waals surface area contributed by atoms with Gasteiger partial charge in [0, 0.05) is 20.6 Å². The van der Waals surface area contributed by atoms with Crippen molar-refractivity contribution in [2.75, 3.05) is 6.61 Å². The molecule has 0 atom stereocenters. The number of halogens is 4. The summed E-state index contributed by atoms with van der Waals surface area (Å²) in [5.41, 5.74) is 2.81. The van der Waals surface area contributed by atoms with E-state index in [4.69, 9.17) is 44.3 Å². The number of rotatable bonds is 7. The molecule has 3 rings (SSSR count). The molecule has 3 nitrogen and oxygen atoms in total. The zero-order valence-corrected chi connectivity index (χ0v) is 20.3. The molecule has 0 bridgehead atoms. The van der Waals surface area contributed by atoms with Gasteiger partial charge in [0.2, 0.25) is 0 Å². The van der Waals surface area contributed by atoms with E-state index < -0.39 is 0 Å². The van der Waals surface area contributed by atoms with Crippen LogP contribution in [0.2, 0.25) is 15.1 Å². The number of nitrogens with zero attached hydrogens (tertiary/aromatic N) is 1. The predicted molar refractivity (Wildman–Crippen MR) is 131 cm³/mol. The van der Waals surface area contributed by atoms with Crippen molar-refractivity contribution in [1.82, 2.24) is 0 Å². The number of ether oxygens (including phenoxy) is 2. The predicted octanol–water partition coefficient (Wildman–Crippen LogP) is 8.45. The quantitative estimate of drug-likeness (QED) is 0.224. The van der Waals surface area contributed by atoms with Crippen molar-refractivity contribution >= 4 is 62.4 Å². The zero-order valence-electron chi connectivity index (χ0n) is 16.5. The second-order valence-corrected chi connectivity index (χ2v) is 8.60. The maximum Gasteiger partial charge on any atom is 0.175 e. The molecule has 0 N–H and O–H groups in total. The molecule has 0 aliphatic rings. The Labute approximate surface area is 204 Å². The Morgan fingerprint density at radius 1 is 1.03 bits per heavy atom. The largest absolute Gasteiger partial charge is 0.490 e. The van der Waals surface area contributed by atoms with Crippen molar-refractivity contribution in [2.24, 2.45) is 0 Å². The van der Waals surface area contributed by atoms with Gasteiger partial charge < -0.3 is 9.47 Å². The lowest BCUT2D eigenvalue weighted by Crippen LogP contribution is -2.01. The number of hydrogen-bond acceptors (Lipinski definition) is 3. The van der Waals surface area contributed by atoms with E-state index in [-0.39, 0.29) is 6.61 Å². The van der Waals surface area contributed by atoms with Gasteiger partial charge in [-0.05, 0) is 76.5 Å². The summed E-state index contributed by atoms with van der Waals surface area (Å²) in [5, 5.41) is 11.3.